The lowest BCUT2D eigenvalue weighted by atomic mass is 9.96. The van der Waals surface area contributed by atoms with Crippen LogP contribution < -0.4 is 20.4 Å². The van der Waals surface area contributed by atoms with Crippen LogP contribution in [0, 0.1) is 0 Å². The number of hydrogen-bond acceptors (Lipinski definition) is 5. The summed E-state index contributed by atoms with van der Waals surface area (Å²) in [4.78, 5) is 14.7. The number of hydrogen-bond donors (Lipinski definition) is 2. The van der Waals surface area contributed by atoms with Crippen molar-refractivity contribution in [1.29, 1.82) is 0 Å². The van der Waals surface area contributed by atoms with Crippen molar-refractivity contribution in [2.75, 3.05) is 34.8 Å². The van der Waals surface area contributed by atoms with Crippen LogP contribution >= 0.6 is 12.2 Å². The van der Waals surface area contributed by atoms with Crippen LogP contribution in [0.4, 0.5) is 17.6 Å². The van der Waals surface area contributed by atoms with Gasteiger partial charge in [-0.1, -0.05) is 32.1 Å². The molecule has 3 heterocycles. The van der Waals surface area contributed by atoms with Crippen molar-refractivity contribution in [2.24, 2.45) is 0 Å². The highest BCUT2D eigenvalue weighted by molar-refractivity contribution is 7.80. The van der Waals surface area contributed by atoms with E-state index in [1.807, 2.05) is 0 Å². The summed E-state index contributed by atoms with van der Waals surface area (Å²) in [7, 11) is 0. The summed E-state index contributed by atoms with van der Waals surface area (Å²) in [5, 5.41) is 7.48. The van der Waals surface area contributed by atoms with E-state index in [0.29, 0.717) is 23.1 Å². The maximum atomic E-state index is 5.63. The fraction of sp³-hybridized carbons (Fsp3) is 0.783. The zero-order valence-corrected chi connectivity index (χ0v) is 19.4. The Labute approximate surface area is 187 Å². The normalized spacial score (nSPS) is 23.7. The summed E-state index contributed by atoms with van der Waals surface area (Å²) in [5.74, 6) is 2.72. The van der Waals surface area contributed by atoms with Crippen molar-refractivity contribution >= 4 is 34.9 Å². The first kappa shape index (κ1) is 21.6. The SMILES string of the molecule is C[C@H]1CCCCN1c1cc(N2CCCCCC2)nc(NC(=S)NC2CCCCC2)n1. The Morgan fingerprint density at radius 2 is 1.50 bits per heavy atom. The zero-order chi connectivity index (χ0) is 20.8. The fourth-order valence-electron chi connectivity index (χ4n) is 5.10. The highest BCUT2D eigenvalue weighted by Gasteiger charge is 2.23. The smallest absolute Gasteiger partial charge is 0.232 e. The number of nitrogens with one attached hydrogen (secondary N) is 2. The van der Waals surface area contributed by atoms with E-state index in [2.05, 4.69) is 33.4 Å². The molecule has 4 rings (SSSR count). The quantitative estimate of drug-likeness (QED) is 0.662. The van der Waals surface area contributed by atoms with Crippen LogP contribution in [-0.2, 0) is 0 Å². The number of piperidine rings is 1. The number of thiocarbonyl (C=S) groups is 1. The average Bonchev–Trinajstić information content (AvgIpc) is 3.04. The Balaban J connectivity index is 1.53. The van der Waals surface area contributed by atoms with Crippen LogP contribution in [-0.4, -0.2) is 46.8 Å². The number of anilines is 3. The van der Waals surface area contributed by atoms with Crippen molar-refractivity contribution in [3.05, 3.63) is 6.07 Å². The standard InChI is InChI=1S/C23H38N6S/c1-18-11-7-10-16-29(18)21-17-20(28-14-8-2-3-9-15-28)25-22(26-21)27-23(30)24-19-12-5-4-6-13-19/h17-19H,2-16H2,1H3,(H2,24,25,26,27,30)/t18-/m0/s1. The summed E-state index contributed by atoms with van der Waals surface area (Å²) in [5.41, 5.74) is 0. The van der Waals surface area contributed by atoms with Gasteiger partial charge in [-0.2, -0.15) is 9.97 Å². The molecule has 3 aliphatic rings. The number of nitrogens with zero attached hydrogens (tertiary/aromatic N) is 4. The molecular formula is C23H38N6S. The second kappa shape index (κ2) is 10.6. The van der Waals surface area contributed by atoms with Gasteiger partial charge in [0.15, 0.2) is 5.11 Å². The molecule has 0 bridgehead atoms. The molecule has 1 aliphatic carbocycles. The van der Waals surface area contributed by atoms with Crippen LogP contribution in [0.25, 0.3) is 0 Å². The Hall–Kier alpha value is -1.63. The molecular weight excluding hydrogens is 392 g/mol. The molecule has 6 nitrogen and oxygen atoms in total. The lowest BCUT2D eigenvalue weighted by Crippen LogP contribution is -2.40. The van der Waals surface area contributed by atoms with Gasteiger partial charge in [-0.15, -0.1) is 0 Å². The van der Waals surface area contributed by atoms with Crippen LogP contribution in [0.2, 0.25) is 0 Å². The molecule has 2 N–H and O–H groups in total. The van der Waals surface area contributed by atoms with Crippen LogP contribution in [0.15, 0.2) is 6.07 Å². The van der Waals surface area contributed by atoms with Gasteiger partial charge in [0.05, 0.1) is 0 Å². The first-order valence-electron chi connectivity index (χ1n) is 12.2. The highest BCUT2D eigenvalue weighted by atomic mass is 32.1. The fourth-order valence-corrected chi connectivity index (χ4v) is 5.35. The van der Waals surface area contributed by atoms with Crippen molar-refractivity contribution < 1.29 is 0 Å². The largest absolute Gasteiger partial charge is 0.360 e. The molecule has 7 heteroatoms. The van der Waals surface area contributed by atoms with E-state index in [1.54, 1.807) is 0 Å². The van der Waals surface area contributed by atoms with Gasteiger partial charge >= 0.3 is 0 Å². The minimum absolute atomic E-state index is 0.481. The Kier molecular flexibility index (Phi) is 7.63. The summed E-state index contributed by atoms with van der Waals surface area (Å²) in [6, 6.07) is 3.20. The third-order valence-corrected chi connectivity index (χ3v) is 7.11. The predicted octanol–water partition coefficient (Wildman–Crippen LogP) is 4.85. The topological polar surface area (TPSA) is 56.3 Å². The monoisotopic (exact) mass is 430 g/mol. The van der Waals surface area contributed by atoms with E-state index in [-0.39, 0.29) is 0 Å². The van der Waals surface area contributed by atoms with Crippen molar-refractivity contribution in [3.8, 4) is 0 Å². The lowest BCUT2D eigenvalue weighted by Gasteiger charge is -2.35. The molecule has 1 atom stereocenters. The van der Waals surface area contributed by atoms with Gasteiger partial charge in [0.1, 0.15) is 11.6 Å². The Bertz CT molecular complexity index is 697. The molecule has 3 fully saturated rings. The second-order valence-corrected chi connectivity index (χ2v) is 9.69. The van der Waals surface area contributed by atoms with Gasteiger partial charge in [0.25, 0.3) is 0 Å². The molecule has 2 aliphatic heterocycles. The number of rotatable bonds is 4. The van der Waals surface area contributed by atoms with E-state index < -0.39 is 0 Å². The third kappa shape index (κ3) is 5.74. The van der Waals surface area contributed by atoms with E-state index in [4.69, 9.17) is 22.2 Å². The molecule has 0 spiro atoms. The Morgan fingerprint density at radius 3 is 2.23 bits per heavy atom. The summed E-state index contributed by atoms with van der Waals surface area (Å²) in [6.07, 6.45) is 15.2. The summed E-state index contributed by atoms with van der Waals surface area (Å²) < 4.78 is 0. The first-order chi connectivity index (χ1) is 14.7. The maximum absolute atomic E-state index is 5.63. The molecule has 0 unspecified atom stereocenters. The molecule has 2 saturated heterocycles. The molecule has 0 aromatic carbocycles. The first-order valence-corrected chi connectivity index (χ1v) is 12.6. The van der Waals surface area contributed by atoms with Gasteiger partial charge in [-0.05, 0) is 64.1 Å². The molecule has 1 aromatic heterocycles. The van der Waals surface area contributed by atoms with Crippen LogP contribution in [0.3, 0.4) is 0 Å². The van der Waals surface area contributed by atoms with Gasteiger partial charge in [0, 0.05) is 37.8 Å². The zero-order valence-electron chi connectivity index (χ0n) is 18.5. The third-order valence-electron chi connectivity index (χ3n) is 6.89. The minimum atomic E-state index is 0.481. The average molecular weight is 431 g/mol. The van der Waals surface area contributed by atoms with Crippen molar-refractivity contribution in [2.45, 2.75) is 96.1 Å². The van der Waals surface area contributed by atoms with Gasteiger partial charge in [-0.3, -0.25) is 0 Å². The highest BCUT2D eigenvalue weighted by Crippen LogP contribution is 2.28. The molecule has 1 saturated carbocycles. The maximum Gasteiger partial charge on any atom is 0.232 e. The molecule has 30 heavy (non-hydrogen) atoms. The van der Waals surface area contributed by atoms with Crippen molar-refractivity contribution in [3.63, 3.8) is 0 Å². The predicted molar refractivity (Wildman–Crippen MR) is 130 cm³/mol. The molecule has 0 radical (unpaired) electrons. The van der Waals surface area contributed by atoms with Crippen LogP contribution in [0.5, 0.6) is 0 Å². The van der Waals surface area contributed by atoms with E-state index >= 15 is 0 Å². The molecule has 1 aromatic rings. The molecule has 0 amide bonds. The van der Waals surface area contributed by atoms with Gasteiger partial charge in [-0.25, -0.2) is 0 Å². The van der Waals surface area contributed by atoms with Gasteiger partial charge in [0.2, 0.25) is 5.95 Å². The van der Waals surface area contributed by atoms with Crippen molar-refractivity contribution in [1.82, 2.24) is 15.3 Å². The minimum Gasteiger partial charge on any atom is -0.360 e. The van der Waals surface area contributed by atoms with E-state index in [1.165, 1.54) is 77.0 Å². The molecule has 166 valence electrons. The van der Waals surface area contributed by atoms with Crippen LogP contribution in [0.1, 0.15) is 84.0 Å². The number of aromatic nitrogens is 2. The van der Waals surface area contributed by atoms with E-state index in [9.17, 15) is 0 Å². The summed E-state index contributed by atoms with van der Waals surface area (Å²) in [6.45, 7) is 5.55. The van der Waals surface area contributed by atoms with E-state index in [0.717, 1.165) is 31.3 Å². The summed E-state index contributed by atoms with van der Waals surface area (Å²) >= 11 is 5.63. The Morgan fingerprint density at radius 1 is 0.867 bits per heavy atom. The second-order valence-electron chi connectivity index (χ2n) is 9.28. The lowest BCUT2D eigenvalue weighted by molar-refractivity contribution is 0.414. The van der Waals surface area contributed by atoms with Gasteiger partial charge < -0.3 is 20.4 Å².